The van der Waals surface area contributed by atoms with Crippen LogP contribution in [0.1, 0.15) is 42.5 Å². The first-order valence-corrected chi connectivity index (χ1v) is 6.36. The van der Waals surface area contributed by atoms with Gasteiger partial charge in [-0.1, -0.05) is 13.0 Å². The summed E-state index contributed by atoms with van der Waals surface area (Å²) in [6.07, 6.45) is 3.63. The van der Waals surface area contributed by atoms with Crippen LogP contribution >= 0.6 is 0 Å². The maximum absolute atomic E-state index is 11.5. The van der Waals surface area contributed by atoms with Crippen molar-refractivity contribution in [1.29, 1.82) is 0 Å². The molecule has 90 valence electrons. The summed E-state index contributed by atoms with van der Waals surface area (Å²) < 4.78 is 5.59. The van der Waals surface area contributed by atoms with Crippen LogP contribution in [0.3, 0.4) is 0 Å². The zero-order valence-electron chi connectivity index (χ0n) is 10.1. The maximum atomic E-state index is 11.5. The summed E-state index contributed by atoms with van der Waals surface area (Å²) in [4.78, 5) is 11.5. The number of fused-ring (bicyclic) bond motifs is 3. The van der Waals surface area contributed by atoms with Crippen molar-refractivity contribution in [3.8, 4) is 5.75 Å². The predicted molar refractivity (Wildman–Crippen MR) is 65.1 cm³/mol. The summed E-state index contributed by atoms with van der Waals surface area (Å²) in [5.74, 6) is 1.15. The number of benzene rings is 1. The lowest BCUT2D eigenvalue weighted by Crippen LogP contribution is -2.26. The van der Waals surface area contributed by atoms with E-state index in [9.17, 15) is 4.79 Å². The van der Waals surface area contributed by atoms with Crippen molar-refractivity contribution >= 4 is 5.91 Å². The van der Waals surface area contributed by atoms with Crippen LogP contribution in [0, 0.1) is 0 Å². The number of aryl methyl sites for hydroxylation is 1. The van der Waals surface area contributed by atoms with Crippen molar-refractivity contribution in [2.75, 3.05) is 6.61 Å². The van der Waals surface area contributed by atoms with Crippen LogP contribution in [-0.4, -0.2) is 12.5 Å². The molecule has 1 N–H and O–H groups in total. The van der Waals surface area contributed by atoms with E-state index >= 15 is 0 Å². The van der Waals surface area contributed by atoms with E-state index in [2.05, 4.69) is 17.4 Å². The SMILES string of the molecule is CCC(=O)NC1CCc2ccc3c(c21)CCO3. The quantitative estimate of drug-likeness (QED) is 0.846. The number of carbonyl (C=O) groups is 1. The lowest BCUT2D eigenvalue weighted by atomic mass is 9.98. The van der Waals surface area contributed by atoms with Crippen LogP contribution in [0.15, 0.2) is 12.1 Å². The van der Waals surface area contributed by atoms with Crippen LogP contribution in [0.25, 0.3) is 0 Å². The first-order valence-electron chi connectivity index (χ1n) is 6.36. The summed E-state index contributed by atoms with van der Waals surface area (Å²) in [5, 5.41) is 3.12. The van der Waals surface area contributed by atoms with Crippen molar-refractivity contribution in [2.45, 2.75) is 38.6 Å². The molecule has 1 aliphatic heterocycles. The second-order valence-corrected chi connectivity index (χ2v) is 4.73. The molecule has 1 aromatic carbocycles. The third-order valence-corrected chi connectivity index (χ3v) is 3.72. The largest absolute Gasteiger partial charge is 0.493 e. The van der Waals surface area contributed by atoms with E-state index in [4.69, 9.17) is 4.74 Å². The summed E-state index contributed by atoms with van der Waals surface area (Å²) in [6, 6.07) is 4.43. The molecule has 17 heavy (non-hydrogen) atoms. The molecular weight excluding hydrogens is 214 g/mol. The van der Waals surface area contributed by atoms with Crippen LogP contribution in [-0.2, 0) is 17.6 Å². The molecular formula is C14H17NO2. The molecule has 0 saturated carbocycles. The molecule has 1 amide bonds. The number of carbonyl (C=O) groups excluding carboxylic acids is 1. The van der Waals surface area contributed by atoms with Crippen molar-refractivity contribution in [2.24, 2.45) is 0 Å². The van der Waals surface area contributed by atoms with E-state index in [1.54, 1.807) is 0 Å². The molecule has 0 radical (unpaired) electrons. The molecule has 3 heteroatoms. The first-order chi connectivity index (χ1) is 8.29. The fraction of sp³-hybridized carbons (Fsp3) is 0.500. The third-order valence-electron chi connectivity index (χ3n) is 3.72. The lowest BCUT2D eigenvalue weighted by molar-refractivity contribution is -0.121. The Labute approximate surface area is 101 Å². The highest BCUT2D eigenvalue weighted by molar-refractivity contribution is 5.76. The topological polar surface area (TPSA) is 38.3 Å². The molecule has 1 aliphatic carbocycles. The van der Waals surface area contributed by atoms with Gasteiger partial charge in [0, 0.05) is 18.4 Å². The Hall–Kier alpha value is -1.51. The van der Waals surface area contributed by atoms with Gasteiger partial charge < -0.3 is 10.1 Å². The molecule has 0 saturated heterocycles. The van der Waals surface area contributed by atoms with Gasteiger partial charge in [0.1, 0.15) is 5.75 Å². The van der Waals surface area contributed by atoms with E-state index in [1.165, 1.54) is 16.7 Å². The Balaban J connectivity index is 1.95. The van der Waals surface area contributed by atoms with Crippen molar-refractivity contribution in [3.63, 3.8) is 0 Å². The van der Waals surface area contributed by atoms with Gasteiger partial charge >= 0.3 is 0 Å². The Morgan fingerprint density at radius 1 is 1.47 bits per heavy atom. The molecule has 0 aromatic heterocycles. The Bertz CT molecular complexity index is 468. The highest BCUT2D eigenvalue weighted by Gasteiger charge is 2.29. The summed E-state index contributed by atoms with van der Waals surface area (Å²) >= 11 is 0. The molecule has 3 rings (SSSR count). The van der Waals surface area contributed by atoms with Gasteiger partial charge in [-0.2, -0.15) is 0 Å². The smallest absolute Gasteiger partial charge is 0.220 e. The number of rotatable bonds is 2. The fourth-order valence-corrected chi connectivity index (χ4v) is 2.89. The van der Waals surface area contributed by atoms with E-state index < -0.39 is 0 Å². The van der Waals surface area contributed by atoms with Crippen LogP contribution in [0.4, 0.5) is 0 Å². The van der Waals surface area contributed by atoms with Gasteiger partial charge in [-0.15, -0.1) is 0 Å². The predicted octanol–water partition coefficient (Wildman–Crippen LogP) is 2.13. The van der Waals surface area contributed by atoms with Gasteiger partial charge in [-0.25, -0.2) is 0 Å². The van der Waals surface area contributed by atoms with Crippen LogP contribution in [0.2, 0.25) is 0 Å². The second kappa shape index (κ2) is 4.06. The molecule has 2 aliphatic rings. The van der Waals surface area contributed by atoms with Crippen LogP contribution < -0.4 is 10.1 Å². The van der Waals surface area contributed by atoms with Gasteiger partial charge in [0.25, 0.3) is 0 Å². The zero-order chi connectivity index (χ0) is 11.8. The highest BCUT2D eigenvalue weighted by Crippen LogP contribution is 2.40. The first kappa shape index (κ1) is 10.6. The molecule has 0 spiro atoms. The van der Waals surface area contributed by atoms with Crippen LogP contribution in [0.5, 0.6) is 5.75 Å². The number of ether oxygens (including phenoxy) is 1. The molecule has 1 unspecified atom stereocenters. The maximum Gasteiger partial charge on any atom is 0.220 e. The number of nitrogens with one attached hydrogen (secondary N) is 1. The monoisotopic (exact) mass is 231 g/mol. The van der Waals surface area contributed by atoms with Gasteiger partial charge in [-0.3, -0.25) is 4.79 Å². The van der Waals surface area contributed by atoms with Gasteiger partial charge in [0.2, 0.25) is 5.91 Å². The van der Waals surface area contributed by atoms with Gasteiger partial charge in [0.05, 0.1) is 12.6 Å². The van der Waals surface area contributed by atoms with Crippen molar-refractivity contribution in [1.82, 2.24) is 5.32 Å². The summed E-state index contributed by atoms with van der Waals surface area (Å²) in [5.41, 5.74) is 4.04. The zero-order valence-corrected chi connectivity index (χ0v) is 10.1. The van der Waals surface area contributed by atoms with Gasteiger partial charge in [0.15, 0.2) is 0 Å². The summed E-state index contributed by atoms with van der Waals surface area (Å²) in [7, 11) is 0. The van der Waals surface area contributed by atoms with E-state index in [1.807, 2.05) is 6.92 Å². The molecule has 0 bridgehead atoms. The van der Waals surface area contributed by atoms with E-state index in [0.717, 1.165) is 31.6 Å². The van der Waals surface area contributed by atoms with E-state index in [0.29, 0.717) is 6.42 Å². The minimum Gasteiger partial charge on any atom is -0.493 e. The number of amides is 1. The Kier molecular flexibility index (Phi) is 2.54. The average Bonchev–Trinajstić information content (AvgIpc) is 2.94. The standard InChI is InChI=1S/C14H17NO2/c1-2-13(16)15-11-5-3-9-4-6-12-10(14(9)11)7-8-17-12/h4,6,11H,2-3,5,7-8H2,1H3,(H,15,16). The highest BCUT2D eigenvalue weighted by atomic mass is 16.5. The number of hydrogen-bond acceptors (Lipinski definition) is 2. The Morgan fingerprint density at radius 2 is 2.35 bits per heavy atom. The van der Waals surface area contributed by atoms with Crippen molar-refractivity contribution in [3.05, 3.63) is 28.8 Å². The van der Waals surface area contributed by atoms with E-state index in [-0.39, 0.29) is 11.9 Å². The lowest BCUT2D eigenvalue weighted by Gasteiger charge is -2.16. The fourth-order valence-electron chi connectivity index (χ4n) is 2.89. The third kappa shape index (κ3) is 1.70. The normalized spacial score (nSPS) is 20.6. The van der Waals surface area contributed by atoms with Crippen molar-refractivity contribution < 1.29 is 9.53 Å². The second-order valence-electron chi connectivity index (χ2n) is 4.73. The average molecular weight is 231 g/mol. The minimum absolute atomic E-state index is 0.138. The number of hydrogen-bond donors (Lipinski definition) is 1. The summed E-state index contributed by atoms with van der Waals surface area (Å²) in [6.45, 7) is 2.67. The minimum atomic E-state index is 0.138. The van der Waals surface area contributed by atoms with Gasteiger partial charge in [-0.05, 0) is 30.0 Å². The molecule has 1 aromatic rings. The molecule has 1 heterocycles. The molecule has 0 fully saturated rings. The molecule has 3 nitrogen and oxygen atoms in total. The Morgan fingerprint density at radius 3 is 3.18 bits per heavy atom. The molecule has 1 atom stereocenters.